The molecule has 184 valence electrons. The number of aromatic nitrogens is 2. The summed E-state index contributed by atoms with van der Waals surface area (Å²) < 4.78 is 14.7. The van der Waals surface area contributed by atoms with Crippen LogP contribution in [0.2, 0.25) is 0 Å². The van der Waals surface area contributed by atoms with Crippen LogP contribution in [0, 0.1) is 0 Å². The van der Waals surface area contributed by atoms with Gasteiger partial charge in [-0.15, -0.1) is 0 Å². The topological polar surface area (TPSA) is 65.7 Å². The summed E-state index contributed by atoms with van der Waals surface area (Å²) in [6.07, 6.45) is 1.61. The summed E-state index contributed by atoms with van der Waals surface area (Å²) in [5.74, 6) is 1.58. The van der Waals surface area contributed by atoms with Crippen molar-refractivity contribution < 1.29 is 9.47 Å². The lowest BCUT2D eigenvalue weighted by atomic mass is 10.2. The molecule has 0 amide bonds. The molecular weight excluding hydrogens is 598 g/mol. The molecule has 0 unspecified atom stereocenters. The lowest BCUT2D eigenvalue weighted by Gasteiger charge is -2.14. The van der Waals surface area contributed by atoms with Crippen LogP contribution in [0.4, 0.5) is 0 Å². The Hall–Kier alpha value is -3.75. The van der Waals surface area contributed by atoms with E-state index in [1.807, 2.05) is 84.9 Å². The molecule has 0 atom stereocenters. The van der Waals surface area contributed by atoms with Gasteiger partial charge in [0.2, 0.25) is 0 Å². The summed E-state index contributed by atoms with van der Waals surface area (Å²) in [4.78, 5) is 18.1. The Morgan fingerprint density at radius 1 is 0.946 bits per heavy atom. The normalized spacial score (nSPS) is 11.2. The average molecular weight is 619 g/mol. The fraction of sp³-hybridized carbons (Fsp3) is 0.0690. The van der Waals surface area contributed by atoms with Gasteiger partial charge in [-0.05, 0) is 63.5 Å². The largest absolute Gasteiger partial charge is 0.493 e. The molecule has 0 aliphatic carbocycles. The minimum atomic E-state index is -0.249. The van der Waals surface area contributed by atoms with Gasteiger partial charge in [-0.2, -0.15) is 9.78 Å². The van der Waals surface area contributed by atoms with Crippen molar-refractivity contribution in [2.45, 2.75) is 6.61 Å². The summed E-state index contributed by atoms with van der Waals surface area (Å²) in [5.41, 5.74) is 2.91. The minimum absolute atomic E-state index is 0.249. The molecule has 0 spiro atoms. The first-order valence-corrected chi connectivity index (χ1v) is 13.0. The molecule has 0 bridgehead atoms. The van der Waals surface area contributed by atoms with Crippen LogP contribution in [0.15, 0.2) is 110 Å². The van der Waals surface area contributed by atoms with Crippen molar-refractivity contribution >= 4 is 49.0 Å². The van der Waals surface area contributed by atoms with Crippen molar-refractivity contribution in [1.29, 1.82) is 0 Å². The van der Waals surface area contributed by atoms with Gasteiger partial charge >= 0.3 is 0 Å². The van der Waals surface area contributed by atoms with Crippen molar-refractivity contribution in [2.24, 2.45) is 5.10 Å². The van der Waals surface area contributed by atoms with E-state index in [2.05, 4.69) is 37.0 Å². The van der Waals surface area contributed by atoms with Crippen LogP contribution in [0.25, 0.3) is 22.3 Å². The zero-order valence-corrected chi connectivity index (χ0v) is 22.9. The van der Waals surface area contributed by atoms with Gasteiger partial charge in [0.1, 0.15) is 6.61 Å². The van der Waals surface area contributed by atoms with E-state index in [1.165, 1.54) is 4.68 Å². The predicted octanol–water partition coefficient (Wildman–Crippen LogP) is 7.06. The van der Waals surface area contributed by atoms with Gasteiger partial charge in [-0.25, -0.2) is 4.98 Å². The van der Waals surface area contributed by atoms with Gasteiger partial charge in [0.15, 0.2) is 17.3 Å². The number of hydrogen-bond donors (Lipinski definition) is 0. The first kappa shape index (κ1) is 24.9. The molecule has 0 saturated carbocycles. The van der Waals surface area contributed by atoms with Gasteiger partial charge in [0.05, 0.1) is 28.7 Å². The van der Waals surface area contributed by atoms with Crippen LogP contribution in [-0.2, 0) is 6.61 Å². The highest BCUT2D eigenvalue weighted by Crippen LogP contribution is 2.37. The van der Waals surface area contributed by atoms with Crippen LogP contribution < -0.4 is 15.0 Å². The zero-order chi connectivity index (χ0) is 25.8. The second-order valence-corrected chi connectivity index (χ2v) is 9.90. The standard InChI is InChI=1S/C29H21Br2N3O3/c1-36-26-16-20(15-24(31)27(26)37-18-19-11-13-22(30)14-12-19)17-32-34-28(21-7-3-2-4-8-21)33-25-10-6-5-9-23(25)29(34)35/h2-17H,18H2,1H3. The van der Waals surface area contributed by atoms with Crippen LogP contribution in [0.5, 0.6) is 11.5 Å². The van der Waals surface area contributed by atoms with E-state index in [0.29, 0.717) is 39.3 Å². The van der Waals surface area contributed by atoms with Gasteiger partial charge in [-0.1, -0.05) is 70.5 Å². The number of ether oxygens (including phenoxy) is 2. The average Bonchev–Trinajstić information content (AvgIpc) is 2.93. The first-order chi connectivity index (χ1) is 18.0. The third kappa shape index (κ3) is 5.50. The third-order valence-corrected chi connectivity index (χ3v) is 6.77. The van der Waals surface area contributed by atoms with Crippen molar-refractivity contribution in [3.05, 3.63) is 121 Å². The molecule has 1 aromatic heterocycles. The molecule has 0 N–H and O–H groups in total. The Balaban J connectivity index is 1.51. The minimum Gasteiger partial charge on any atom is -0.493 e. The van der Waals surface area contributed by atoms with E-state index in [4.69, 9.17) is 14.5 Å². The lowest BCUT2D eigenvalue weighted by molar-refractivity contribution is 0.282. The third-order valence-electron chi connectivity index (χ3n) is 5.66. The van der Waals surface area contributed by atoms with Gasteiger partial charge in [0.25, 0.3) is 5.56 Å². The van der Waals surface area contributed by atoms with Crippen molar-refractivity contribution in [3.63, 3.8) is 0 Å². The van der Waals surface area contributed by atoms with Gasteiger partial charge < -0.3 is 9.47 Å². The first-order valence-electron chi connectivity index (χ1n) is 11.4. The molecule has 0 aliphatic heterocycles. The predicted molar refractivity (Wildman–Crippen MR) is 154 cm³/mol. The number of halogens is 2. The van der Waals surface area contributed by atoms with Crippen LogP contribution in [-0.4, -0.2) is 23.0 Å². The molecule has 5 aromatic rings. The van der Waals surface area contributed by atoms with Crippen LogP contribution in [0.1, 0.15) is 11.1 Å². The number of methoxy groups -OCH3 is 1. The maximum absolute atomic E-state index is 13.4. The fourth-order valence-electron chi connectivity index (χ4n) is 3.82. The number of rotatable bonds is 7. The molecule has 8 heteroatoms. The molecule has 1 heterocycles. The molecule has 0 radical (unpaired) electrons. The zero-order valence-electron chi connectivity index (χ0n) is 19.8. The van der Waals surface area contributed by atoms with E-state index in [0.717, 1.165) is 21.2 Å². The van der Waals surface area contributed by atoms with Crippen molar-refractivity contribution in [2.75, 3.05) is 7.11 Å². The molecule has 0 aliphatic rings. The SMILES string of the molecule is COc1cc(C=Nn2c(-c3ccccc3)nc3ccccc3c2=O)cc(Br)c1OCc1ccc(Br)cc1. The lowest BCUT2D eigenvalue weighted by Crippen LogP contribution is -2.20. The van der Waals surface area contributed by atoms with E-state index in [1.54, 1.807) is 19.4 Å². The molecule has 4 aromatic carbocycles. The number of fused-ring (bicyclic) bond motifs is 1. The number of nitrogens with zero attached hydrogens (tertiary/aromatic N) is 3. The maximum atomic E-state index is 13.4. The maximum Gasteiger partial charge on any atom is 0.282 e. The Kier molecular flexibility index (Phi) is 7.48. The molecule has 0 fully saturated rings. The Bertz CT molecular complexity index is 1650. The second-order valence-electron chi connectivity index (χ2n) is 8.13. The Morgan fingerprint density at radius 3 is 2.43 bits per heavy atom. The monoisotopic (exact) mass is 617 g/mol. The quantitative estimate of drug-likeness (QED) is 0.183. The number of para-hydroxylation sites is 1. The number of hydrogen-bond acceptors (Lipinski definition) is 5. The van der Waals surface area contributed by atoms with Crippen molar-refractivity contribution in [3.8, 4) is 22.9 Å². The summed E-state index contributed by atoms with van der Waals surface area (Å²) in [6.45, 7) is 0.383. The van der Waals surface area contributed by atoms with Gasteiger partial charge in [-0.3, -0.25) is 4.79 Å². The summed E-state index contributed by atoms with van der Waals surface area (Å²) in [7, 11) is 1.58. The highest BCUT2D eigenvalue weighted by molar-refractivity contribution is 9.10. The van der Waals surface area contributed by atoms with Crippen molar-refractivity contribution in [1.82, 2.24) is 9.66 Å². The fourth-order valence-corrected chi connectivity index (χ4v) is 4.66. The second kappa shape index (κ2) is 11.1. The van der Waals surface area contributed by atoms with E-state index in [-0.39, 0.29) is 5.56 Å². The molecule has 5 rings (SSSR count). The van der Waals surface area contributed by atoms with E-state index < -0.39 is 0 Å². The summed E-state index contributed by atoms with van der Waals surface area (Å²) in [6, 6.07) is 28.4. The van der Waals surface area contributed by atoms with E-state index in [9.17, 15) is 4.79 Å². The van der Waals surface area contributed by atoms with Crippen LogP contribution in [0.3, 0.4) is 0 Å². The highest BCUT2D eigenvalue weighted by Gasteiger charge is 2.14. The molecule has 37 heavy (non-hydrogen) atoms. The highest BCUT2D eigenvalue weighted by atomic mass is 79.9. The Morgan fingerprint density at radius 2 is 1.68 bits per heavy atom. The smallest absolute Gasteiger partial charge is 0.282 e. The van der Waals surface area contributed by atoms with Crippen LogP contribution >= 0.6 is 31.9 Å². The molecule has 0 saturated heterocycles. The molecular formula is C29H21Br2N3O3. The van der Waals surface area contributed by atoms with Gasteiger partial charge in [0, 0.05) is 10.0 Å². The van der Waals surface area contributed by atoms with E-state index >= 15 is 0 Å². The summed E-state index contributed by atoms with van der Waals surface area (Å²) in [5, 5.41) is 5.04. The summed E-state index contributed by atoms with van der Waals surface area (Å²) >= 11 is 7.04. The number of benzene rings is 4. The Labute approximate surface area is 230 Å². The molecule has 6 nitrogen and oxygen atoms in total.